The molecule has 0 amide bonds. The second-order valence-corrected chi connectivity index (χ2v) is 6.27. The minimum Gasteiger partial charge on any atom is -0.481 e. The van der Waals surface area contributed by atoms with Gasteiger partial charge in [-0.05, 0) is 38.0 Å². The van der Waals surface area contributed by atoms with Crippen molar-refractivity contribution in [3.8, 4) is 11.9 Å². The molecule has 2 bridgehead atoms. The monoisotopic (exact) mass is 275 g/mol. The summed E-state index contributed by atoms with van der Waals surface area (Å²) in [6.07, 6.45) is 3.31. The van der Waals surface area contributed by atoms with E-state index < -0.39 is 11.5 Å². The number of rotatable bonds is 3. The molecule has 1 aromatic heterocycles. The van der Waals surface area contributed by atoms with Gasteiger partial charge in [-0.15, -0.1) is 0 Å². The van der Waals surface area contributed by atoms with E-state index in [4.69, 9.17) is 4.74 Å². The summed E-state index contributed by atoms with van der Waals surface area (Å²) in [6.45, 7) is 1.86. The van der Waals surface area contributed by atoms with Gasteiger partial charge in [0.15, 0.2) is 0 Å². The summed E-state index contributed by atoms with van der Waals surface area (Å²) in [5.41, 5.74) is 0.766. The van der Waals surface area contributed by atoms with Gasteiger partial charge in [0, 0.05) is 7.05 Å². The number of fused-ring (bicyclic) bond motifs is 2. The quantitative estimate of drug-likeness (QED) is 0.917. The molecular weight excluding hydrogens is 254 g/mol. The molecule has 0 spiro atoms. The van der Waals surface area contributed by atoms with Crippen LogP contribution >= 0.6 is 0 Å². The molecule has 2 aliphatic rings. The van der Waals surface area contributed by atoms with Gasteiger partial charge in [-0.3, -0.25) is 0 Å². The maximum absolute atomic E-state index is 10.9. The van der Waals surface area contributed by atoms with Crippen LogP contribution in [0.15, 0.2) is 0 Å². The number of aryl methyl sites for hydroxylation is 2. The average molecular weight is 275 g/mol. The van der Waals surface area contributed by atoms with Crippen LogP contribution in [0.25, 0.3) is 0 Å². The highest BCUT2D eigenvalue weighted by Crippen LogP contribution is 2.61. The van der Waals surface area contributed by atoms with Crippen LogP contribution in [0.4, 0.5) is 0 Å². The van der Waals surface area contributed by atoms with Gasteiger partial charge >= 0.3 is 0 Å². The van der Waals surface area contributed by atoms with Crippen LogP contribution in [0.2, 0.25) is 0 Å². The first kappa shape index (κ1) is 13.4. The number of aliphatic hydroxyl groups is 1. The number of aliphatic hydroxyl groups excluding tert-OH is 1. The molecule has 5 nitrogen and oxygen atoms in total. The summed E-state index contributed by atoms with van der Waals surface area (Å²) in [5, 5.41) is 25.0. The number of hydrogen-bond donors (Lipinski definition) is 1. The molecule has 2 fully saturated rings. The lowest BCUT2D eigenvalue weighted by molar-refractivity contribution is 0.0211. The van der Waals surface area contributed by atoms with Crippen LogP contribution in [0, 0.1) is 35.5 Å². The van der Waals surface area contributed by atoms with Crippen molar-refractivity contribution in [1.82, 2.24) is 9.78 Å². The van der Waals surface area contributed by atoms with Crippen LogP contribution in [0.5, 0.6) is 5.88 Å². The Labute approximate surface area is 119 Å². The zero-order valence-corrected chi connectivity index (χ0v) is 12.3. The average Bonchev–Trinajstić information content (AvgIpc) is 3.10. The first-order chi connectivity index (χ1) is 9.53. The number of hydrogen-bond acceptors (Lipinski definition) is 4. The van der Waals surface area contributed by atoms with Crippen molar-refractivity contribution in [2.75, 3.05) is 7.11 Å². The van der Waals surface area contributed by atoms with E-state index in [1.807, 2.05) is 6.92 Å². The topological polar surface area (TPSA) is 71.1 Å². The number of methoxy groups -OCH3 is 1. The van der Waals surface area contributed by atoms with E-state index in [-0.39, 0.29) is 0 Å². The Bertz CT molecular complexity index is 574. The first-order valence-corrected chi connectivity index (χ1v) is 7.20. The lowest BCUT2D eigenvalue weighted by atomic mass is 9.68. The molecule has 5 heteroatoms. The first-order valence-electron chi connectivity index (χ1n) is 7.20. The molecule has 2 aliphatic carbocycles. The van der Waals surface area contributed by atoms with Crippen LogP contribution in [0.3, 0.4) is 0 Å². The highest BCUT2D eigenvalue weighted by atomic mass is 16.5. The molecule has 20 heavy (non-hydrogen) atoms. The van der Waals surface area contributed by atoms with Gasteiger partial charge < -0.3 is 9.84 Å². The summed E-state index contributed by atoms with van der Waals surface area (Å²) in [7, 11) is 3.37. The Balaban J connectivity index is 2.04. The number of aromatic nitrogens is 2. The Kier molecular flexibility index (Phi) is 3.02. The molecular formula is C15H21N3O2. The van der Waals surface area contributed by atoms with Crippen molar-refractivity contribution in [2.45, 2.75) is 38.7 Å². The molecule has 1 N–H and O–H groups in total. The fourth-order valence-corrected chi connectivity index (χ4v) is 4.37. The molecule has 1 aromatic rings. The van der Waals surface area contributed by atoms with Crippen molar-refractivity contribution in [2.24, 2.45) is 24.3 Å². The molecule has 0 aromatic carbocycles. The summed E-state index contributed by atoms with van der Waals surface area (Å²) in [6, 6.07) is 2.45. The fraction of sp³-hybridized carbons (Fsp3) is 0.733. The number of ether oxygens (including phenoxy) is 1. The second-order valence-electron chi connectivity index (χ2n) is 6.27. The van der Waals surface area contributed by atoms with Crippen LogP contribution in [-0.2, 0) is 7.05 Å². The fourth-order valence-electron chi connectivity index (χ4n) is 4.37. The van der Waals surface area contributed by atoms with Crippen molar-refractivity contribution >= 4 is 0 Å². The maximum atomic E-state index is 10.9. The Hall–Kier alpha value is -1.54. The van der Waals surface area contributed by atoms with Gasteiger partial charge in [0.05, 0.1) is 29.9 Å². The highest BCUT2D eigenvalue weighted by molar-refractivity contribution is 5.37. The summed E-state index contributed by atoms with van der Waals surface area (Å²) in [5.74, 6) is 1.46. The lowest BCUT2D eigenvalue weighted by Crippen LogP contribution is -2.33. The third-order valence-corrected chi connectivity index (χ3v) is 5.27. The van der Waals surface area contributed by atoms with Crippen molar-refractivity contribution < 1.29 is 9.84 Å². The second kappa shape index (κ2) is 4.49. The van der Waals surface area contributed by atoms with E-state index >= 15 is 0 Å². The third-order valence-electron chi connectivity index (χ3n) is 5.27. The molecule has 3 rings (SSSR count). The highest BCUT2D eigenvalue weighted by Gasteiger charge is 2.56. The van der Waals surface area contributed by atoms with Crippen molar-refractivity contribution in [3.05, 3.63) is 11.3 Å². The van der Waals surface area contributed by atoms with Crippen LogP contribution in [0.1, 0.15) is 43.0 Å². The Morgan fingerprint density at radius 3 is 2.80 bits per heavy atom. The minimum atomic E-state index is -0.813. The molecule has 2 saturated carbocycles. The van der Waals surface area contributed by atoms with Crippen molar-refractivity contribution in [1.29, 1.82) is 5.26 Å². The Morgan fingerprint density at radius 1 is 1.55 bits per heavy atom. The van der Waals surface area contributed by atoms with E-state index in [1.165, 1.54) is 6.42 Å². The zero-order chi connectivity index (χ0) is 14.5. The van der Waals surface area contributed by atoms with Crippen LogP contribution in [-0.4, -0.2) is 22.0 Å². The van der Waals surface area contributed by atoms with E-state index in [0.29, 0.717) is 23.3 Å². The van der Waals surface area contributed by atoms with Gasteiger partial charge in [-0.2, -0.15) is 10.4 Å². The van der Waals surface area contributed by atoms with Gasteiger partial charge in [0.1, 0.15) is 6.10 Å². The zero-order valence-electron chi connectivity index (χ0n) is 12.3. The SMILES string of the molecule is COc1c(C(O)C2(C#N)CC3CCC2C3)c(C)nn1C. The van der Waals surface area contributed by atoms with E-state index in [2.05, 4.69) is 11.2 Å². The summed E-state index contributed by atoms with van der Waals surface area (Å²) in [4.78, 5) is 0. The molecule has 0 saturated heterocycles. The standard InChI is InChI=1S/C15H21N3O2/c1-9-12(14(20-3)18(2)17-9)13(19)15(8-16)7-10-4-5-11(15)6-10/h10-11,13,19H,4-7H2,1-3H3. The van der Waals surface area contributed by atoms with E-state index in [9.17, 15) is 10.4 Å². The van der Waals surface area contributed by atoms with Gasteiger partial charge in [-0.25, -0.2) is 4.68 Å². The van der Waals surface area contributed by atoms with Gasteiger partial charge in [-0.1, -0.05) is 6.42 Å². The molecule has 0 aliphatic heterocycles. The largest absolute Gasteiger partial charge is 0.481 e. The smallest absolute Gasteiger partial charge is 0.217 e. The normalized spacial score (nSPS) is 33.1. The molecule has 1 heterocycles. The molecule has 4 atom stereocenters. The van der Waals surface area contributed by atoms with Gasteiger partial charge in [0.2, 0.25) is 5.88 Å². The predicted molar refractivity (Wildman–Crippen MR) is 73.0 cm³/mol. The Morgan fingerprint density at radius 2 is 2.30 bits per heavy atom. The molecule has 0 radical (unpaired) electrons. The summed E-state index contributed by atoms with van der Waals surface area (Å²) < 4.78 is 7.01. The third kappa shape index (κ3) is 1.61. The predicted octanol–water partition coefficient (Wildman–Crippen LogP) is 2.10. The van der Waals surface area contributed by atoms with Crippen LogP contribution < -0.4 is 4.74 Å². The minimum absolute atomic E-state index is 0.303. The number of nitriles is 1. The van der Waals surface area contributed by atoms with Crippen molar-refractivity contribution in [3.63, 3.8) is 0 Å². The number of nitrogens with zero attached hydrogens (tertiary/aromatic N) is 3. The summed E-state index contributed by atoms with van der Waals surface area (Å²) >= 11 is 0. The van der Waals surface area contributed by atoms with E-state index in [0.717, 1.165) is 25.0 Å². The lowest BCUT2D eigenvalue weighted by Gasteiger charge is -2.35. The van der Waals surface area contributed by atoms with Gasteiger partial charge in [0.25, 0.3) is 0 Å². The molecule has 108 valence electrons. The van der Waals surface area contributed by atoms with E-state index in [1.54, 1.807) is 18.8 Å². The maximum Gasteiger partial charge on any atom is 0.217 e. The molecule has 4 unspecified atom stereocenters.